The third-order valence-electron chi connectivity index (χ3n) is 4.20. The fraction of sp³-hybridized carbons (Fsp3) is 0.294. The zero-order valence-electron chi connectivity index (χ0n) is 12.9. The lowest BCUT2D eigenvalue weighted by atomic mass is 10.2. The quantitative estimate of drug-likeness (QED) is 0.704. The van der Waals surface area contributed by atoms with Gasteiger partial charge in [0.05, 0.1) is 5.39 Å². The number of piperazine rings is 1. The summed E-state index contributed by atoms with van der Waals surface area (Å²) < 4.78 is 0. The molecule has 118 valence electrons. The molecule has 0 bridgehead atoms. The lowest BCUT2D eigenvalue weighted by molar-refractivity contribution is 0.649. The van der Waals surface area contributed by atoms with Crippen molar-refractivity contribution in [1.82, 2.24) is 9.97 Å². The van der Waals surface area contributed by atoms with Gasteiger partial charge in [0.1, 0.15) is 17.0 Å². The number of benzene rings is 1. The van der Waals surface area contributed by atoms with E-state index in [-0.39, 0.29) is 0 Å². The minimum atomic E-state index is 0.781. The third-order valence-corrected chi connectivity index (χ3v) is 5.41. The number of hydrogen-bond acceptors (Lipinski definition) is 5. The van der Waals surface area contributed by atoms with Gasteiger partial charge in [0.2, 0.25) is 0 Å². The van der Waals surface area contributed by atoms with Gasteiger partial charge in [-0.15, -0.1) is 11.3 Å². The summed E-state index contributed by atoms with van der Waals surface area (Å²) in [5.74, 6) is 1.06. The van der Waals surface area contributed by atoms with E-state index in [1.807, 2.05) is 12.1 Å². The second-order valence-electron chi connectivity index (χ2n) is 5.72. The first-order valence-corrected chi connectivity index (χ1v) is 8.87. The molecule has 6 heteroatoms. The number of anilines is 2. The maximum atomic E-state index is 5.97. The number of fused-ring (bicyclic) bond motifs is 1. The topological polar surface area (TPSA) is 32.3 Å². The summed E-state index contributed by atoms with van der Waals surface area (Å²) in [5, 5.41) is 1.96. The minimum absolute atomic E-state index is 0.781. The van der Waals surface area contributed by atoms with Crippen LogP contribution < -0.4 is 9.80 Å². The van der Waals surface area contributed by atoms with Crippen molar-refractivity contribution in [3.63, 3.8) is 0 Å². The molecule has 0 saturated carbocycles. The van der Waals surface area contributed by atoms with Crippen molar-refractivity contribution in [3.05, 3.63) is 46.6 Å². The van der Waals surface area contributed by atoms with E-state index in [0.29, 0.717) is 0 Å². The predicted octanol–water partition coefficient (Wildman–Crippen LogP) is 3.98. The van der Waals surface area contributed by atoms with E-state index < -0.39 is 0 Å². The van der Waals surface area contributed by atoms with Crippen molar-refractivity contribution in [2.45, 2.75) is 6.92 Å². The van der Waals surface area contributed by atoms with Gasteiger partial charge in [-0.1, -0.05) is 11.6 Å². The third kappa shape index (κ3) is 2.86. The van der Waals surface area contributed by atoms with Crippen molar-refractivity contribution < 1.29 is 0 Å². The number of aryl methyl sites for hydroxylation is 1. The van der Waals surface area contributed by atoms with Crippen molar-refractivity contribution >= 4 is 44.7 Å². The van der Waals surface area contributed by atoms with E-state index in [2.05, 4.69) is 44.9 Å². The van der Waals surface area contributed by atoms with Crippen LogP contribution in [0.4, 0.5) is 11.5 Å². The molecule has 1 aliphatic heterocycles. The first-order valence-electron chi connectivity index (χ1n) is 7.67. The summed E-state index contributed by atoms with van der Waals surface area (Å²) in [4.78, 5) is 16.0. The monoisotopic (exact) mass is 344 g/mol. The molecule has 4 nitrogen and oxygen atoms in total. The van der Waals surface area contributed by atoms with Gasteiger partial charge in [-0.25, -0.2) is 9.97 Å². The summed E-state index contributed by atoms with van der Waals surface area (Å²) in [6, 6.07) is 10.3. The van der Waals surface area contributed by atoms with Crippen LogP contribution in [0.1, 0.15) is 4.88 Å². The molecule has 1 fully saturated rings. The fourth-order valence-corrected chi connectivity index (χ4v) is 4.01. The van der Waals surface area contributed by atoms with Gasteiger partial charge in [0, 0.05) is 41.8 Å². The molecule has 0 N–H and O–H groups in total. The summed E-state index contributed by atoms with van der Waals surface area (Å²) in [6.07, 6.45) is 1.68. The Kier molecular flexibility index (Phi) is 3.83. The number of thiophene rings is 1. The second kappa shape index (κ2) is 5.98. The highest BCUT2D eigenvalue weighted by molar-refractivity contribution is 7.18. The molecule has 0 spiro atoms. The second-order valence-corrected chi connectivity index (χ2v) is 7.39. The first kappa shape index (κ1) is 14.7. The van der Waals surface area contributed by atoms with Crippen LogP contribution >= 0.6 is 22.9 Å². The highest BCUT2D eigenvalue weighted by Crippen LogP contribution is 2.30. The molecule has 0 unspecified atom stereocenters. The Morgan fingerprint density at radius 3 is 2.43 bits per heavy atom. The van der Waals surface area contributed by atoms with Crippen LogP contribution in [-0.4, -0.2) is 36.1 Å². The van der Waals surface area contributed by atoms with E-state index in [1.54, 1.807) is 17.7 Å². The first-order chi connectivity index (χ1) is 11.2. The smallest absolute Gasteiger partial charge is 0.140 e. The maximum absolute atomic E-state index is 5.97. The highest BCUT2D eigenvalue weighted by Gasteiger charge is 2.20. The largest absolute Gasteiger partial charge is 0.368 e. The van der Waals surface area contributed by atoms with Gasteiger partial charge in [-0.2, -0.15) is 0 Å². The van der Waals surface area contributed by atoms with Crippen LogP contribution in [0.2, 0.25) is 5.02 Å². The standard InChI is InChI=1S/C17H17ClN4S/c1-12-10-15-16(19-11-20-17(15)23-12)22-8-6-21(7-9-22)14-4-2-13(18)3-5-14/h2-5,10-11H,6-9H2,1H3. The molecule has 0 radical (unpaired) electrons. The molecule has 3 aromatic rings. The molecule has 0 amide bonds. The number of nitrogens with zero attached hydrogens (tertiary/aromatic N) is 4. The van der Waals surface area contributed by atoms with Crippen LogP contribution in [0.5, 0.6) is 0 Å². The van der Waals surface area contributed by atoms with Gasteiger partial charge in [-0.05, 0) is 37.3 Å². The van der Waals surface area contributed by atoms with Gasteiger partial charge in [0.15, 0.2) is 0 Å². The molecule has 1 aliphatic rings. The molecule has 0 atom stereocenters. The van der Waals surface area contributed by atoms with Crippen LogP contribution in [0.25, 0.3) is 10.2 Å². The number of hydrogen-bond donors (Lipinski definition) is 0. The van der Waals surface area contributed by atoms with Gasteiger partial charge < -0.3 is 9.80 Å². The van der Waals surface area contributed by atoms with E-state index in [1.165, 1.54) is 16.0 Å². The van der Waals surface area contributed by atoms with Gasteiger partial charge in [0.25, 0.3) is 0 Å². The van der Waals surface area contributed by atoms with Crippen molar-refractivity contribution in [3.8, 4) is 0 Å². The Hall–Kier alpha value is -1.85. The zero-order valence-corrected chi connectivity index (χ0v) is 14.4. The summed E-state index contributed by atoms with van der Waals surface area (Å²) in [7, 11) is 0. The Balaban J connectivity index is 1.53. The average Bonchev–Trinajstić information content (AvgIpc) is 2.96. The van der Waals surface area contributed by atoms with E-state index in [4.69, 9.17) is 11.6 Å². The van der Waals surface area contributed by atoms with Gasteiger partial charge in [-0.3, -0.25) is 0 Å². The van der Waals surface area contributed by atoms with Crippen LogP contribution in [0.15, 0.2) is 36.7 Å². The molecule has 0 aliphatic carbocycles. The van der Waals surface area contributed by atoms with Gasteiger partial charge >= 0.3 is 0 Å². The highest BCUT2D eigenvalue weighted by atomic mass is 35.5. The lowest BCUT2D eigenvalue weighted by Crippen LogP contribution is -2.46. The van der Waals surface area contributed by atoms with E-state index in [0.717, 1.165) is 41.8 Å². The normalized spacial score (nSPS) is 15.4. The molecule has 1 saturated heterocycles. The number of halogens is 1. The molecule has 1 aromatic carbocycles. The lowest BCUT2D eigenvalue weighted by Gasteiger charge is -2.36. The molecule has 3 heterocycles. The summed E-state index contributed by atoms with van der Waals surface area (Å²) in [6.45, 7) is 6.01. The van der Waals surface area contributed by atoms with Crippen LogP contribution in [0, 0.1) is 6.92 Å². The Morgan fingerprint density at radius 1 is 1.00 bits per heavy atom. The molecule has 4 rings (SSSR count). The maximum Gasteiger partial charge on any atom is 0.140 e. The summed E-state index contributed by atoms with van der Waals surface area (Å²) >= 11 is 7.70. The molecule has 2 aromatic heterocycles. The van der Waals surface area contributed by atoms with Crippen molar-refractivity contribution in [2.24, 2.45) is 0 Å². The Bertz CT molecular complexity index is 822. The molecular formula is C17H17ClN4S. The van der Waals surface area contributed by atoms with Crippen molar-refractivity contribution in [2.75, 3.05) is 36.0 Å². The Morgan fingerprint density at radius 2 is 1.70 bits per heavy atom. The number of aromatic nitrogens is 2. The van der Waals surface area contributed by atoms with E-state index in [9.17, 15) is 0 Å². The van der Waals surface area contributed by atoms with Crippen LogP contribution in [-0.2, 0) is 0 Å². The zero-order chi connectivity index (χ0) is 15.8. The summed E-state index contributed by atoms with van der Waals surface area (Å²) in [5.41, 5.74) is 1.23. The average molecular weight is 345 g/mol. The van der Waals surface area contributed by atoms with Crippen LogP contribution in [0.3, 0.4) is 0 Å². The Labute approximate surface area is 144 Å². The molecule has 23 heavy (non-hydrogen) atoms. The minimum Gasteiger partial charge on any atom is -0.368 e. The number of rotatable bonds is 2. The van der Waals surface area contributed by atoms with Crippen molar-refractivity contribution in [1.29, 1.82) is 0 Å². The molecular weight excluding hydrogens is 328 g/mol. The predicted molar refractivity (Wildman–Crippen MR) is 98.0 cm³/mol. The SMILES string of the molecule is Cc1cc2c(N3CCN(c4ccc(Cl)cc4)CC3)ncnc2s1. The van der Waals surface area contributed by atoms with E-state index >= 15 is 0 Å². The fourth-order valence-electron chi connectivity index (χ4n) is 3.04.